The van der Waals surface area contributed by atoms with Crippen LogP contribution in [-0.2, 0) is 5.41 Å². The summed E-state index contributed by atoms with van der Waals surface area (Å²) in [5.74, 6) is 0.990. The zero-order valence-electron chi connectivity index (χ0n) is 31.2. The van der Waals surface area contributed by atoms with Crippen LogP contribution in [0.3, 0.4) is 0 Å². The fourth-order valence-corrected chi connectivity index (χ4v) is 11.2. The molecule has 0 spiro atoms. The fourth-order valence-electron chi connectivity index (χ4n) is 8.87. The van der Waals surface area contributed by atoms with Crippen LogP contribution < -0.4 is 0 Å². The molecule has 4 aromatic heterocycles. The van der Waals surface area contributed by atoms with Crippen molar-refractivity contribution in [2.45, 2.75) is 38.0 Å². The van der Waals surface area contributed by atoms with E-state index in [2.05, 4.69) is 166 Å². The number of fused-ring (bicyclic) bond motifs is 8. The van der Waals surface area contributed by atoms with Gasteiger partial charge in [-0.3, -0.25) is 4.98 Å². The second kappa shape index (κ2) is 13.0. The van der Waals surface area contributed by atoms with Crippen LogP contribution in [0.4, 0.5) is 0 Å². The quantitative estimate of drug-likeness (QED) is 0.176. The Morgan fingerprint density at radius 2 is 1.34 bits per heavy atom. The van der Waals surface area contributed by atoms with E-state index >= 15 is 0 Å². The van der Waals surface area contributed by atoms with Gasteiger partial charge in [0, 0.05) is 63.7 Å². The Morgan fingerprint density at radius 3 is 2.12 bits per heavy atom. The van der Waals surface area contributed by atoms with E-state index in [0.717, 1.165) is 52.4 Å². The van der Waals surface area contributed by atoms with Crippen LogP contribution in [0, 0.1) is 0 Å². The topological polar surface area (TPSA) is 38.7 Å². The van der Waals surface area contributed by atoms with Crippen molar-refractivity contribution in [2.75, 3.05) is 0 Å². The highest BCUT2D eigenvalue weighted by Gasteiger charge is 2.32. The van der Waals surface area contributed by atoms with Crippen molar-refractivity contribution < 1.29 is 0 Å². The summed E-state index contributed by atoms with van der Waals surface area (Å²) in [6, 6.07) is 47.5. The minimum absolute atomic E-state index is 0.246. The molecule has 3 nitrogen and oxygen atoms in total. The van der Waals surface area contributed by atoms with Crippen LogP contribution in [-0.4, -0.2) is 15.0 Å². The van der Waals surface area contributed by atoms with E-state index in [1.807, 2.05) is 28.7 Å². The maximum absolute atomic E-state index is 5.68. The molecule has 2 aliphatic carbocycles. The molecule has 2 atom stereocenters. The third-order valence-electron chi connectivity index (χ3n) is 11.6. The van der Waals surface area contributed by atoms with E-state index in [4.69, 9.17) is 15.0 Å². The van der Waals surface area contributed by atoms with Gasteiger partial charge in [0.15, 0.2) is 5.82 Å². The summed E-state index contributed by atoms with van der Waals surface area (Å²) in [6.45, 7) is 4.68. The van der Waals surface area contributed by atoms with Gasteiger partial charge in [0.05, 0.1) is 27.5 Å². The minimum atomic E-state index is -0.374. The number of hydrogen-bond donors (Lipinski definition) is 0. The Morgan fingerprint density at radius 1 is 0.661 bits per heavy atom. The Hall–Kier alpha value is -6.01. The lowest BCUT2D eigenvalue weighted by Crippen LogP contribution is -2.23. The normalized spacial score (nSPS) is 18.1. The first-order valence-corrected chi connectivity index (χ1v) is 21.0. The van der Waals surface area contributed by atoms with Crippen LogP contribution >= 0.6 is 22.7 Å². The van der Waals surface area contributed by atoms with Gasteiger partial charge in [0.2, 0.25) is 0 Å². The summed E-state index contributed by atoms with van der Waals surface area (Å²) in [5, 5.41) is 5.34. The maximum Gasteiger partial charge on any atom is 0.160 e. The van der Waals surface area contributed by atoms with Crippen molar-refractivity contribution in [3.05, 3.63) is 180 Å². The highest BCUT2D eigenvalue weighted by molar-refractivity contribution is 7.26. The predicted molar refractivity (Wildman–Crippen MR) is 239 cm³/mol. The lowest BCUT2D eigenvalue weighted by atomic mass is 9.77. The molecule has 0 amide bonds. The van der Waals surface area contributed by atoms with Gasteiger partial charge in [-0.25, -0.2) is 9.97 Å². The lowest BCUT2D eigenvalue weighted by molar-refractivity contribution is 0.580. The average molecular weight is 756 g/mol. The van der Waals surface area contributed by atoms with E-state index in [1.54, 1.807) is 0 Å². The van der Waals surface area contributed by atoms with E-state index < -0.39 is 0 Å². The molecule has 268 valence electrons. The number of rotatable bonds is 5. The predicted octanol–water partition coefficient (Wildman–Crippen LogP) is 14.3. The van der Waals surface area contributed by atoms with Gasteiger partial charge >= 0.3 is 0 Å². The van der Waals surface area contributed by atoms with Crippen LogP contribution in [0.5, 0.6) is 0 Å². The van der Waals surface area contributed by atoms with Crippen molar-refractivity contribution in [3.8, 4) is 22.6 Å². The van der Waals surface area contributed by atoms with Gasteiger partial charge in [-0.05, 0) is 59.9 Å². The Labute approximate surface area is 334 Å². The first-order chi connectivity index (χ1) is 27.5. The van der Waals surface area contributed by atoms with E-state index in [9.17, 15) is 0 Å². The fraction of sp³-hybridized carbons (Fsp3) is 0.118. The molecule has 5 aromatic carbocycles. The summed E-state index contributed by atoms with van der Waals surface area (Å²) >= 11 is 3.75. The summed E-state index contributed by atoms with van der Waals surface area (Å²) < 4.78 is 5.22. The second-order valence-electron chi connectivity index (χ2n) is 15.4. The standard InChI is InChI=1S/C51H37N3S2/c1-31-27-35(36-22-13-25-43-45(36)37-20-9-11-23-41(37)55-43)28-39-46-38-21-10-12-24-42(38)56-49(46)48(54-47(31)39)34-19-14-26-51(2,30-34)44-29-40(32-15-5-3-6-16-32)52-50(53-44)33-17-7-4-8-18-33/h3-25,28-31H,26-27H2,1-2H3. The summed E-state index contributed by atoms with van der Waals surface area (Å²) in [5.41, 5.74) is 11.1. The van der Waals surface area contributed by atoms with Gasteiger partial charge in [-0.1, -0.05) is 141 Å². The maximum atomic E-state index is 5.68. The molecule has 0 radical (unpaired) electrons. The van der Waals surface area contributed by atoms with Gasteiger partial charge in [0.25, 0.3) is 0 Å². The third kappa shape index (κ3) is 5.41. The van der Waals surface area contributed by atoms with Gasteiger partial charge in [-0.15, -0.1) is 22.7 Å². The van der Waals surface area contributed by atoms with Crippen LogP contribution in [0.1, 0.15) is 60.8 Å². The first-order valence-electron chi connectivity index (χ1n) is 19.4. The van der Waals surface area contributed by atoms with Crippen molar-refractivity contribution >= 4 is 80.2 Å². The average Bonchev–Trinajstić information content (AvgIpc) is 3.83. The molecule has 0 fully saturated rings. The highest BCUT2D eigenvalue weighted by atomic mass is 32.1. The Kier molecular flexibility index (Phi) is 7.77. The van der Waals surface area contributed by atoms with Crippen molar-refractivity contribution in [2.24, 2.45) is 0 Å². The Bertz CT molecular complexity index is 3060. The smallest absolute Gasteiger partial charge is 0.160 e. The third-order valence-corrected chi connectivity index (χ3v) is 14.0. The molecule has 0 aliphatic heterocycles. The lowest BCUT2D eigenvalue weighted by Gasteiger charge is -2.30. The zero-order valence-corrected chi connectivity index (χ0v) is 32.8. The van der Waals surface area contributed by atoms with E-state index in [0.29, 0.717) is 0 Å². The molecule has 4 heterocycles. The monoisotopic (exact) mass is 755 g/mol. The number of pyridine rings is 1. The number of nitrogens with zero attached hydrogens (tertiary/aromatic N) is 3. The molecular weight excluding hydrogens is 719 g/mol. The van der Waals surface area contributed by atoms with Crippen LogP contribution in [0.2, 0.25) is 0 Å². The molecule has 0 N–H and O–H groups in total. The van der Waals surface area contributed by atoms with Crippen molar-refractivity contribution in [3.63, 3.8) is 0 Å². The molecule has 9 aromatic rings. The van der Waals surface area contributed by atoms with Crippen LogP contribution in [0.15, 0.2) is 152 Å². The molecule has 0 saturated carbocycles. The number of allylic oxidation sites excluding steroid dienone is 5. The number of aromatic nitrogens is 3. The second-order valence-corrected chi connectivity index (χ2v) is 17.6. The van der Waals surface area contributed by atoms with E-state index in [1.165, 1.54) is 62.7 Å². The molecule has 11 rings (SSSR count). The molecule has 2 aliphatic rings. The largest absolute Gasteiger partial charge is 0.250 e. The van der Waals surface area contributed by atoms with Gasteiger partial charge < -0.3 is 0 Å². The first kappa shape index (κ1) is 33.3. The minimum Gasteiger partial charge on any atom is -0.250 e. The number of hydrogen-bond acceptors (Lipinski definition) is 5. The number of thiophene rings is 2. The molecule has 5 heteroatoms. The summed E-state index contributed by atoms with van der Waals surface area (Å²) in [6.07, 6.45) is 11.3. The summed E-state index contributed by atoms with van der Waals surface area (Å²) in [7, 11) is 0. The molecule has 0 bridgehead atoms. The number of benzene rings is 5. The van der Waals surface area contributed by atoms with Gasteiger partial charge in [-0.2, -0.15) is 0 Å². The molecule has 0 saturated heterocycles. The van der Waals surface area contributed by atoms with Crippen LogP contribution in [0.25, 0.3) is 80.2 Å². The van der Waals surface area contributed by atoms with Gasteiger partial charge in [0.1, 0.15) is 0 Å². The molecular formula is C51H37N3S2. The zero-order chi connectivity index (χ0) is 37.4. The Balaban J connectivity index is 1.10. The molecule has 56 heavy (non-hydrogen) atoms. The summed E-state index contributed by atoms with van der Waals surface area (Å²) in [4.78, 5) is 16.1. The highest BCUT2D eigenvalue weighted by Crippen LogP contribution is 2.49. The molecule has 2 unspecified atom stereocenters. The van der Waals surface area contributed by atoms with Crippen molar-refractivity contribution in [1.82, 2.24) is 15.0 Å². The van der Waals surface area contributed by atoms with Crippen molar-refractivity contribution in [1.29, 1.82) is 0 Å². The van der Waals surface area contributed by atoms with E-state index in [-0.39, 0.29) is 11.3 Å². The SMILES string of the molecule is CC1CC(c2cccc3sc4ccccc4c23)=Cc2c1nc(C1=CC(C)(c3cc(-c4ccccc4)nc(-c4ccccc4)n3)CC=C1)c1sc3ccccc3c21.